The predicted molar refractivity (Wildman–Crippen MR) is 44.7 cm³/mol. The minimum Gasteiger partial charge on any atom is -0.332 e. The molecule has 1 saturated heterocycles. The van der Waals surface area contributed by atoms with Gasteiger partial charge < -0.3 is 10.2 Å². The van der Waals surface area contributed by atoms with E-state index in [0.717, 1.165) is 4.90 Å². The van der Waals surface area contributed by atoms with Crippen molar-refractivity contribution in [1.29, 1.82) is 0 Å². The van der Waals surface area contributed by atoms with Crippen LogP contribution in [0, 0.1) is 0 Å². The van der Waals surface area contributed by atoms with Gasteiger partial charge in [-0.1, -0.05) is 0 Å². The first kappa shape index (κ1) is 11.3. The van der Waals surface area contributed by atoms with Gasteiger partial charge in [0.2, 0.25) is 0 Å². The van der Waals surface area contributed by atoms with Gasteiger partial charge in [0.25, 0.3) is 0 Å². The van der Waals surface area contributed by atoms with E-state index in [1.165, 1.54) is 0 Å². The lowest BCUT2D eigenvalue weighted by molar-refractivity contribution is -0.187. The Hall–Kier alpha value is -0.780. The topological polar surface area (TPSA) is 32.3 Å². The molecule has 6 heteroatoms. The molecule has 0 unspecified atom stereocenters. The van der Waals surface area contributed by atoms with E-state index in [-0.39, 0.29) is 25.2 Å². The molecule has 0 aromatic rings. The van der Waals surface area contributed by atoms with Crippen LogP contribution in [0.25, 0.3) is 0 Å². The number of carbonyl (C=O) groups excluding carboxylic acids is 1. The van der Waals surface area contributed by atoms with E-state index in [9.17, 15) is 18.0 Å². The van der Waals surface area contributed by atoms with Crippen LogP contribution in [0.4, 0.5) is 13.2 Å². The second kappa shape index (κ2) is 3.76. The number of amides is 1. The van der Waals surface area contributed by atoms with Gasteiger partial charge in [-0.3, -0.25) is 4.79 Å². The molecule has 1 rings (SSSR count). The average Bonchev–Trinajstić information content (AvgIpc) is 1.99. The molecule has 0 saturated carbocycles. The summed E-state index contributed by atoms with van der Waals surface area (Å²) in [5, 5.41) is 3.05. The lowest BCUT2D eigenvalue weighted by atomic mass is 10.1. The van der Waals surface area contributed by atoms with E-state index in [4.69, 9.17) is 0 Å². The second-order valence-electron chi connectivity index (χ2n) is 3.68. The molecule has 0 aliphatic carbocycles. The Morgan fingerprint density at radius 3 is 2.07 bits per heavy atom. The fraction of sp³-hybridized carbons (Fsp3) is 0.875. The number of halogens is 3. The summed E-state index contributed by atoms with van der Waals surface area (Å²) in [6, 6.07) is -0.185. The number of hydrogen-bond donors (Lipinski definition) is 1. The average molecular weight is 210 g/mol. The fourth-order valence-electron chi connectivity index (χ4n) is 1.67. The van der Waals surface area contributed by atoms with Crippen molar-refractivity contribution in [1.82, 2.24) is 10.2 Å². The van der Waals surface area contributed by atoms with E-state index in [1.54, 1.807) is 13.8 Å². The van der Waals surface area contributed by atoms with Gasteiger partial charge in [0.1, 0.15) is 0 Å². The molecular formula is C8H13F3N2O. The molecule has 1 fully saturated rings. The molecule has 0 aromatic heterocycles. The molecule has 0 bridgehead atoms. The minimum absolute atomic E-state index is 0.0925. The number of piperazine rings is 1. The van der Waals surface area contributed by atoms with Gasteiger partial charge in [0.05, 0.1) is 0 Å². The monoisotopic (exact) mass is 210 g/mol. The third-order valence-corrected chi connectivity index (χ3v) is 2.09. The Bertz CT molecular complexity index is 219. The van der Waals surface area contributed by atoms with Gasteiger partial charge >= 0.3 is 12.1 Å². The summed E-state index contributed by atoms with van der Waals surface area (Å²) < 4.78 is 36.2. The van der Waals surface area contributed by atoms with Crippen molar-refractivity contribution >= 4 is 5.91 Å². The Morgan fingerprint density at radius 2 is 1.71 bits per heavy atom. The van der Waals surface area contributed by atoms with E-state index < -0.39 is 12.1 Å². The highest BCUT2D eigenvalue weighted by Crippen LogP contribution is 2.20. The quantitative estimate of drug-likeness (QED) is 0.640. The molecule has 14 heavy (non-hydrogen) atoms. The highest BCUT2D eigenvalue weighted by molar-refractivity contribution is 5.82. The third kappa shape index (κ3) is 2.60. The minimum atomic E-state index is -4.75. The van der Waals surface area contributed by atoms with Crippen molar-refractivity contribution in [3.05, 3.63) is 0 Å². The van der Waals surface area contributed by atoms with E-state index in [1.807, 2.05) is 0 Å². The molecule has 1 heterocycles. The van der Waals surface area contributed by atoms with Crippen molar-refractivity contribution in [2.75, 3.05) is 13.1 Å². The summed E-state index contributed by atoms with van der Waals surface area (Å²) >= 11 is 0. The maximum absolute atomic E-state index is 12.1. The zero-order valence-electron chi connectivity index (χ0n) is 8.06. The largest absolute Gasteiger partial charge is 0.471 e. The molecule has 0 spiro atoms. The van der Waals surface area contributed by atoms with Gasteiger partial charge in [0.15, 0.2) is 0 Å². The van der Waals surface area contributed by atoms with E-state index in [2.05, 4.69) is 5.32 Å². The number of carbonyl (C=O) groups is 1. The Labute approximate surface area is 80.3 Å². The number of nitrogens with one attached hydrogen (secondary N) is 1. The lowest BCUT2D eigenvalue weighted by Gasteiger charge is -2.36. The Balaban J connectivity index is 2.64. The molecule has 3 nitrogen and oxygen atoms in total. The smallest absolute Gasteiger partial charge is 0.332 e. The maximum Gasteiger partial charge on any atom is 0.471 e. The van der Waals surface area contributed by atoms with Crippen molar-refractivity contribution in [3.8, 4) is 0 Å². The SMILES string of the molecule is C[C@@H]1CN(C(=O)C(F)(F)F)C[C@H](C)N1. The Morgan fingerprint density at radius 1 is 1.29 bits per heavy atom. The summed E-state index contributed by atoms with van der Waals surface area (Å²) in [5.74, 6) is -1.74. The number of hydrogen-bond acceptors (Lipinski definition) is 2. The van der Waals surface area contributed by atoms with E-state index in [0.29, 0.717) is 0 Å². The van der Waals surface area contributed by atoms with Crippen molar-refractivity contribution in [2.45, 2.75) is 32.1 Å². The van der Waals surface area contributed by atoms with Crippen LogP contribution >= 0.6 is 0 Å². The highest BCUT2D eigenvalue weighted by atomic mass is 19.4. The fourth-order valence-corrected chi connectivity index (χ4v) is 1.67. The molecule has 2 atom stereocenters. The lowest BCUT2D eigenvalue weighted by Crippen LogP contribution is -2.58. The van der Waals surface area contributed by atoms with Crippen LogP contribution < -0.4 is 5.32 Å². The summed E-state index contributed by atoms with van der Waals surface area (Å²) in [5.41, 5.74) is 0. The van der Waals surface area contributed by atoms with Gasteiger partial charge in [-0.15, -0.1) is 0 Å². The van der Waals surface area contributed by atoms with Crippen LogP contribution in [0.5, 0.6) is 0 Å². The standard InChI is InChI=1S/C8H13F3N2O/c1-5-3-13(4-6(2)12-5)7(14)8(9,10)11/h5-6,12H,3-4H2,1-2H3/t5-,6+. The third-order valence-electron chi connectivity index (χ3n) is 2.09. The predicted octanol–water partition coefficient (Wildman–Crippen LogP) is 0.758. The molecule has 0 radical (unpaired) electrons. The molecule has 1 amide bonds. The Kier molecular flexibility index (Phi) is 3.04. The molecule has 0 aromatic carbocycles. The zero-order chi connectivity index (χ0) is 10.9. The number of rotatable bonds is 0. The van der Waals surface area contributed by atoms with E-state index >= 15 is 0 Å². The second-order valence-corrected chi connectivity index (χ2v) is 3.68. The highest BCUT2D eigenvalue weighted by Gasteiger charge is 2.43. The van der Waals surface area contributed by atoms with Gasteiger partial charge in [-0.2, -0.15) is 13.2 Å². The van der Waals surface area contributed by atoms with Crippen molar-refractivity contribution in [3.63, 3.8) is 0 Å². The molecular weight excluding hydrogens is 197 g/mol. The van der Waals surface area contributed by atoms with Crippen LogP contribution in [-0.2, 0) is 4.79 Å². The first-order chi connectivity index (χ1) is 6.30. The normalized spacial score (nSPS) is 29.1. The first-order valence-corrected chi connectivity index (χ1v) is 4.43. The summed E-state index contributed by atoms with van der Waals surface area (Å²) in [4.78, 5) is 11.7. The van der Waals surface area contributed by atoms with Crippen LogP contribution in [0.3, 0.4) is 0 Å². The summed E-state index contributed by atoms with van der Waals surface area (Å²) in [6.07, 6.45) is -4.75. The number of nitrogens with zero attached hydrogens (tertiary/aromatic N) is 1. The van der Waals surface area contributed by atoms with Crippen LogP contribution in [-0.4, -0.2) is 42.2 Å². The van der Waals surface area contributed by atoms with Crippen molar-refractivity contribution < 1.29 is 18.0 Å². The summed E-state index contributed by atoms with van der Waals surface area (Å²) in [6.45, 7) is 3.74. The van der Waals surface area contributed by atoms with Crippen LogP contribution in [0.2, 0.25) is 0 Å². The van der Waals surface area contributed by atoms with Crippen LogP contribution in [0.15, 0.2) is 0 Å². The maximum atomic E-state index is 12.1. The van der Waals surface area contributed by atoms with Crippen LogP contribution in [0.1, 0.15) is 13.8 Å². The first-order valence-electron chi connectivity index (χ1n) is 4.43. The van der Waals surface area contributed by atoms with Gasteiger partial charge in [-0.25, -0.2) is 0 Å². The summed E-state index contributed by atoms with van der Waals surface area (Å²) in [7, 11) is 0. The number of alkyl halides is 3. The van der Waals surface area contributed by atoms with Gasteiger partial charge in [-0.05, 0) is 13.8 Å². The molecule has 1 aliphatic heterocycles. The molecule has 1 aliphatic rings. The molecule has 1 N–H and O–H groups in total. The van der Waals surface area contributed by atoms with Crippen molar-refractivity contribution in [2.24, 2.45) is 0 Å². The molecule has 82 valence electrons. The van der Waals surface area contributed by atoms with Gasteiger partial charge in [0, 0.05) is 25.2 Å². The zero-order valence-corrected chi connectivity index (χ0v) is 8.06.